The van der Waals surface area contributed by atoms with Crippen LogP contribution in [-0.4, -0.2) is 37.9 Å². The number of rotatable bonds is 8. The summed E-state index contributed by atoms with van der Waals surface area (Å²) in [5, 5.41) is 13.1. The van der Waals surface area contributed by atoms with Crippen LogP contribution < -0.4 is 10.0 Å². The van der Waals surface area contributed by atoms with Gasteiger partial charge in [0, 0.05) is 11.8 Å². The van der Waals surface area contributed by atoms with E-state index < -0.39 is 51.0 Å². The number of hydrogen-bond donors (Lipinski definition) is 2. The van der Waals surface area contributed by atoms with Crippen molar-refractivity contribution in [3.63, 3.8) is 0 Å². The Hall–Kier alpha value is -2.80. The second-order valence-corrected chi connectivity index (χ2v) is 8.53. The van der Waals surface area contributed by atoms with Crippen molar-refractivity contribution in [3.05, 3.63) is 62.4 Å². The van der Waals surface area contributed by atoms with Gasteiger partial charge in [0.2, 0.25) is 15.8 Å². The van der Waals surface area contributed by atoms with Crippen molar-refractivity contribution in [2.75, 3.05) is 11.9 Å². The zero-order chi connectivity index (χ0) is 23.3. The van der Waals surface area contributed by atoms with Gasteiger partial charge >= 0.3 is 11.7 Å². The van der Waals surface area contributed by atoms with E-state index in [1.807, 2.05) is 4.72 Å². The third-order valence-electron chi connectivity index (χ3n) is 3.70. The van der Waals surface area contributed by atoms with Crippen LogP contribution in [0.3, 0.4) is 0 Å². The number of anilines is 1. The van der Waals surface area contributed by atoms with Crippen molar-refractivity contribution >= 4 is 56.5 Å². The molecule has 1 amide bonds. The number of nitrogens with zero attached hydrogens (tertiary/aromatic N) is 1. The Kier molecular flexibility index (Phi) is 7.90. The van der Waals surface area contributed by atoms with Gasteiger partial charge in [-0.05, 0) is 37.3 Å². The molecule has 14 heteroatoms. The first-order chi connectivity index (χ1) is 14.4. The predicted molar refractivity (Wildman–Crippen MR) is 109 cm³/mol. The van der Waals surface area contributed by atoms with E-state index in [1.165, 1.54) is 19.1 Å². The second-order valence-electron chi connectivity index (χ2n) is 5.95. The Bertz CT molecular complexity index is 1140. The molecule has 0 heterocycles. The molecule has 2 aromatic rings. The van der Waals surface area contributed by atoms with E-state index in [0.717, 1.165) is 24.3 Å². The lowest BCUT2D eigenvalue weighted by Crippen LogP contribution is -2.35. The molecule has 0 fully saturated rings. The molecule has 0 saturated carbocycles. The molecule has 0 spiro atoms. The highest BCUT2D eigenvalue weighted by Gasteiger charge is 2.22. The molecular weight excluding hydrogens is 480 g/mol. The number of nitro groups is 1. The summed E-state index contributed by atoms with van der Waals surface area (Å²) < 4.78 is 44.5. The highest BCUT2D eigenvalue weighted by Crippen LogP contribution is 2.25. The number of ether oxygens (including phenoxy) is 1. The van der Waals surface area contributed by atoms with Gasteiger partial charge in [0.05, 0.1) is 19.9 Å². The van der Waals surface area contributed by atoms with E-state index in [-0.39, 0.29) is 20.6 Å². The molecule has 10 nitrogen and oxygen atoms in total. The Morgan fingerprint density at radius 2 is 1.87 bits per heavy atom. The average Bonchev–Trinajstić information content (AvgIpc) is 2.69. The van der Waals surface area contributed by atoms with Crippen LogP contribution in [0.2, 0.25) is 10.0 Å². The highest BCUT2D eigenvalue weighted by atomic mass is 35.5. The van der Waals surface area contributed by atoms with Gasteiger partial charge in [0.1, 0.15) is 6.54 Å². The number of carbonyl (C=O) groups excluding carboxylic acids is 2. The summed E-state index contributed by atoms with van der Waals surface area (Å²) in [6.07, 6.45) is -1.38. The van der Waals surface area contributed by atoms with Crippen LogP contribution in [0.4, 0.5) is 15.8 Å². The fourth-order valence-corrected chi connectivity index (χ4v) is 3.51. The van der Waals surface area contributed by atoms with Gasteiger partial charge in [-0.25, -0.2) is 8.42 Å². The highest BCUT2D eigenvalue weighted by molar-refractivity contribution is 7.89. The molecule has 0 aromatic heterocycles. The number of nitrogens with one attached hydrogen (secondary N) is 2. The van der Waals surface area contributed by atoms with Crippen LogP contribution in [0.25, 0.3) is 0 Å². The number of amides is 1. The molecule has 0 aliphatic heterocycles. The Labute approximate surface area is 185 Å². The summed E-state index contributed by atoms with van der Waals surface area (Å²) in [6, 6.07) is 6.22. The number of sulfonamides is 1. The maximum atomic E-state index is 13.3. The van der Waals surface area contributed by atoms with Crippen molar-refractivity contribution in [3.8, 4) is 0 Å². The fraction of sp³-hybridized carbons (Fsp3) is 0.176. The van der Waals surface area contributed by atoms with E-state index in [4.69, 9.17) is 27.9 Å². The second kappa shape index (κ2) is 10.0. The maximum Gasteiger partial charge on any atom is 0.321 e. The molecule has 166 valence electrons. The molecule has 0 saturated heterocycles. The van der Waals surface area contributed by atoms with Crippen molar-refractivity contribution in [2.45, 2.75) is 17.9 Å². The van der Waals surface area contributed by atoms with Crippen LogP contribution in [0.1, 0.15) is 6.92 Å². The third kappa shape index (κ3) is 6.59. The van der Waals surface area contributed by atoms with E-state index in [9.17, 15) is 32.5 Å². The summed E-state index contributed by atoms with van der Waals surface area (Å²) in [4.78, 5) is 33.5. The van der Waals surface area contributed by atoms with E-state index >= 15 is 0 Å². The molecular formula is C17H14Cl2FN3O7S. The number of nitro benzene ring substituents is 1. The molecule has 2 rings (SSSR count). The van der Waals surface area contributed by atoms with Gasteiger partial charge in [-0.3, -0.25) is 19.7 Å². The average molecular weight is 494 g/mol. The van der Waals surface area contributed by atoms with Crippen molar-refractivity contribution in [1.82, 2.24) is 4.72 Å². The summed E-state index contributed by atoms with van der Waals surface area (Å²) in [5.41, 5.74) is -0.944. The summed E-state index contributed by atoms with van der Waals surface area (Å²) in [7, 11) is -4.11. The molecule has 2 aromatic carbocycles. The molecule has 0 bridgehead atoms. The van der Waals surface area contributed by atoms with E-state index in [0.29, 0.717) is 0 Å². The summed E-state index contributed by atoms with van der Waals surface area (Å²) >= 11 is 11.5. The summed E-state index contributed by atoms with van der Waals surface area (Å²) in [5.74, 6) is -3.03. The van der Waals surface area contributed by atoms with Gasteiger partial charge < -0.3 is 10.1 Å². The lowest BCUT2D eigenvalue weighted by Gasteiger charge is -2.14. The molecule has 1 unspecified atom stereocenters. The normalized spacial score (nSPS) is 12.1. The quantitative estimate of drug-likeness (QED) is 0.326. The lowest BCUT2D eigenvalue weighted by atomic mass is 10.2. The zero-order valence-corrected chi connectivity index (χ0v) is 17.9. The number of benzene rings is 2. The van der Waals surface area contributed by atoms with Crippen molar-refractivity contribution in [2.24, 2.45) is 0 Å². The number of halogens is 3. The van der Waals surface area contributed by atoms with Crippen molar-refractivity contribution < 1.29 is 32.1 Å². The molecule has 1 atom stereocenters. The van der Waals surface area contributed by atoms with Crippen LogP contribution in [0.15, 0.2) is 41.3 Å². The van der Waals surface area contributed by atoms with Gasteiger partial charge in [0.25, 0.3) is 5.91 Å². The van der Waals surface area contributed by atoms with Gasteiger partial charge in [-0.2, -0.15) is 9.11 Å². The topological polar surface area (TPSA) is 145 Å². The lowest BCUT2D eigenvalue weighted by molar-refractivity contribution is -0.387. The molecule has 0 radical (unpaired) electrons. The Balaban J connectivity index is 1.94. The van der Waals surface area contributed by atoms with Crippen LogP contribution in [0.5, 0.6) is 0 Å². The van der Waals surface area contributed by atoms with Gasteiger partial charge in [-0.15, -0.1) is 0 Å². The number of hydrogen-bond acceptors (Lipinski definition) is 7. The molecule has 0 aliphatic rings. The number of carbonyl (C=O) groups is 2. The SMILES string of the molecule is CC(OC(=O)CNS(=O)(=O)c1ccc(Cl)c(Cl)c1)C(=O)Nc1ccc(F)c([N+](=O)[O-])c1. The Morgan fingerprint density at radius 1 is 1.19 bits per heavy atom. The van der Waals surface area contributed by atoms with Crippen molar-refractivity contribution in [1.29, 1.82) is 0 Å². The van der Waals surface area contributed by atoms with Crippen LogP contribution in [0, 0.1) is 15.9 Å². The fourth-order valence-electron chi connectivity index (χ4n) is 2.15. The predicted octanol–water partition coefficient (Wildman–Crippen LogP) is 2.89. The minimum absolute atomic E-state index is 0.00144. The first-order valence-corrected chi connectivity index (χ1v) is 10.5. The van der Waals surface area contributed by atoms with E-state index in [1.54, 1.807) is 0 Å². The standard InChI is InChI=1S/C17H14Cl2FN3O7S/c1-9(17(25)22-10-2-5-14(20)15(6-10)23(26)27)30-16(24)8-21-31(28,29)11-3-4-12(18)13(19)7-11/h2-7,9,21H,8H2,1H3,(H,22,25). The minimum Gasteiger partial charge on any atom is -0.452 e. The molecule has 2 N–H and O–H groups in total. The van der Waals surface area contributed by atoms with Gasteiger partial charge in [-0.1, -0.05) is 23.2 Å². The van der Waals surface area contributed by atoms with Crippen LogP contribution >= 0.6 is 23.2 Å². The van der Waals surface area contributed by atoms with E-state index in [2.05, 4.69) is 5.32 Å². The third-order valence-corrected chi connectivity index (χ3v) is 5.83. The molecule has 0 aliphatic carbocycles. The first kappa shape index (κ1) is 24.5. The maximum absolute atomic E-state index is 13.3. The summed E-state index contributed by atoms with van der Waals surface area (Å²) in [6.45, 7) is 0.404. The number of esters is 1. The zero-order valence-electron chi connectivity index (χ0n) is 15.6. The van der Waals surface area contributed by atoms with Gasteiger partial charge in [0.15, 0.2) is 6.10 Å². The first-order valence-electron chi connectivity index (χ1n) is 8.29. The minimum atomic E-state index is -4.11. The smallest absolute Gasteiger partial charge is 0.321 e. The largest absolute Gasteiger partial charge is 0.452 e. The molecule has 31 heavy (non-hydrogen) atoms. The Morgan fingerprint density at radius 3 is 2.48 bits per heavy atom. The van der Waals surface area contributed by atoms with Crippen LogP contribution in [-0.2, 0) is 24.3 Å². The monoisotopic (exact) mass is 493 g/mol.